The summed E-state index contributed by atoms with van der Waals surface area (Å²) >= 11 is 0. The molecule has 0 bridgehead atoms. The van der Waals surface area contributed by atoms with Crippen molar-refractivity contribution in [1.82, 2.24) is 19.9 Å². The van der Waals surface area contributed by atoms with Gasteiger partial charge in [0.25, 0.3) is 11.6 Å². The number of carbonyl (C=O) groups excluding carboxylic acids is 1. The summed E-state index contributed by atoms with van der Waals surface area (Å²) in [4.78, 5) is 31.2. The van der Waals surface area contributed by atoms with Crippen LogP contribution in [0.2, 0.25) is 0 Å². The first kappa shape index (κ1) is 20.6. The number of benzene rings is 2. The molecule has 2 aromatic carbocycles. The van der Waals surface area contributed by atoms with Gasteiger partial charge in [0.1, 0.15) is 5.82 Å². The molecule has 31 heavy (non-hydrogen) atoms. The largest absolute Gasteiger partial charge is 0.338 e. The molecule has 0 N–H and O–H groups in total. The molecule has 3 aromatic rings. The summed E-state index contributed by atoms with van der Waals surface area (Å²) in [6.07, 6.45) is 0.788. The Kier molecular flexibility index (Phi) is 5.99. The summed E-state index contributed by atoms with van der Waals surface area (Å²) in [7, 11) is 0. The number of nitrogens with zero attached hydrogens (tertiary/aromatic N) is 5. The van der Waals surface area contributed by atoms with Crippen molar-refractivity contribution in [2.45, 2.75) is 13.0 Å². The lowest BCUT2D eigenvalue weighted by molar-refractivity contribution is -0.384. The van der Waals surface area contributed by atoms with Crippen molar-refractivity contribution in [3.63, 3.8) is 0 Å². The molecule has 0 atom stereocenters. The van der Waals surface area contributed by atoms with Crippen molar-refractivity contribution < 1.29 is 18.6 Å². The predicted octanol–water partition coefficient (Wildman–Crippen LogP) is 3.13. The van der Waals surface area contributed by atoms with Gasteiger partial charge < -0.3 is 9.42 Å². The highest BCUT2D eigenvalue weighted by atomic mass is 19.1. The van der Waals surface area contributed by atoms with E-state index in [4.69, 9.17) is 4.52 Å². The molecule has 2 heterocycles. The number of aromatic nitrogens is 2. The number of nitro groups is 1. The van der Waals surface area contributed by atoms with Gasteiger partial charge in [0.2, 0.25) is 11.7 Å². The fourth-order valence-corrected chi connectivity index (χ4v) is 3.47. The summed E-state index contributed by atoms with van der Waals surface area (Å²) in [6, 6.07) is 11.5. The molecule has 9 nitrogen and oxygen atoms in total. The van der Waals surface area contributed by atoms with E-state index in [9.17, 15) is 19.3 Å². The minimum atomic E-state index is -0.463. The van der Waals surface area contributed by atoms with E-state index < -0.39 is 4.92 Å². The van der Waals surface area contributed by atoms with Crippen molar-refractivity contribution in [3.05, 3.63) is 75.9 Å². The van der Waals surface area contributed by atoms with Crippen LogP contribution >= 0.6 is 0 Å². The van der Waals surface area contributed by atoms with Crippen molar-refractivity contribution in [2.24, 2.45) is 0 Å². The number of rotatable bonds is 5. The van der Waals surface area contributed by atoms with Crippen molar-refractivity contribution >= 4 is 11.6 Å². The molecule has 1 aliphatic rings. The molecule has 0 radical (unpaired) electrons. The third-order valence-electron chi connectivity index (χ3n) is 5.13. The number of hydrogen-bond acceptors (Lipinski definition) is 7. The van der Waals surface area contributed by atoms with Crippen molar-refractivity contribution in [2.75, 3.05) is 26.2 Å². The summed E-state index contributed by atoms with van der Waals surface area (Å²) in [5, 5.41) is 14.7. The maximum atomic E-state index is 13.1. The van der Waals surface area contributed by atoms with Crippen LogP contribution in [0.5, 0.6) is 0 Å². The Morgan fingerprint density at radius 3 is 2.52 bits per heavy atom. The van der Waals surface area contributed by atoms with Gasteiger partial charge in [-0.15, -0.1) is 0 Å². The molecular formula is C21H20FN5O4. The molecule has 0 aliphatic carbocycles. The third kappa shape index (κ3) is 4.92. The van der Waals surface area contributed by atoms with Crippen LogP contribution in [0, 0.1) is 15.9 Å². The molecule has 4 rings (SSSR count). The zero-order chi connectivity index (χ0) is 21.8. The number of non-ortho nitro benzene ring substituents is 1. The molecule has 1 aliphatic heterocycles. The van der Waals surface area contributed by atoms with Crippen LogP contribution in [0.1, 0.15) is 22.7 Å². The Morgan fingerprint density at radius 2 is 1.81 bits per heavy atom. The van der Waals surface area contributed by atoms with Gasteiger partial charge in [0.15, 0.2) is 0 Å². The first-order valence-corrected chi connectivity index (χ1v) is 9.84. The summed E-state index contributed by atoms with van der Waals surface area (Å²) in [5.41, 5.74) is 1.10. The molecule has 1 saturated heterocycles. The van der Waals surface area contributed by atoms with Gasteiger partial charge in [-0.25, -0.2) is 4.39 Å². The molecule has 160 valence electrons. The lowest BCUT2D eigenvalue weighted by atomic mass is 10.2. The van der Waals surface area contributed by atoms with Gasteiger partial charge in [0, 0.05) is 49.4 Å². The maximum Gasteiger partial charge on any atom is 0.269 e. The number of amides is 1. The standard InChI is InChI=1S/C21H20FN5O4/c22-17-6-2-16(3-7-17)21(28)26-11-1-10-25(12-13-26)14-19-23-20(24-31-19)15-4-8-18(9-5-15)27(29)30/h2-9H,1,10-14H2. The summed E-state index contributed by atoms with van der Waals surface area (Å²) in [5.74, 6) is 0.325. The van der Waals surface area contributed by atoms with Gasteiger partial charge >= 0.3 is 0 Å². The zero-order valence-electron chi connectivity index (χ0n) is 16.6. The first-order valence-electron chi connectivity index (χ1n) is 9.84. The van der Waals surface area contributed by atoms with E-state index in [-0.39, 0.29) is 17.4 Å². The van der Waals surface area contributed by atoms with E-state index in [1.54, 1.807) is 17.0 Å². The van der Waals surface area contributed by atoms with Crippen molar-refractivity contribution in [3.8, 4) is 11.4 Å². The van der Waals surface area contributed by atoms with Gasteiger partial charge in [0.05, 0.1) is 11.5 Å². The molecule has 0 saturated carbocycles. The van der Waals surface area contributed by atoms with Crippen LogP contribution in [0.15, 0.2) is 53.1 Å². The summed E-state index contributed by atoms with van der Waals surface area (Å²) < 4.78 is 18.4. The molecule has 10 heteroatoms. The smallest absolute Gasteiger partial charge is 0.269 e. The molecule has 0 spiro atoms. The van der Waals surface area contributed by atoms with E-state index in [0.717, 1.165) is 13.0 Å². The molecule has 0 unspecified atom stereocenters. The monoisotopic (exact) mass is 425 g/mol. The van der Waals surface area contributed by atoms with Gasteiger partial charge in [-0.2, -0.15) is 4.98 Å². The van der Waals surface area contributed by atoms with E-state index in [0.29, 0.717) is 49.0 Å². The highest BCUT2D eigenvalue weighted by Gasteiger charge is 2.22. The molecule has 1 aromatic heterocycles. The maximum absolute atomic E-state index is 13.1. The number of nitro benzene ring substituents is 1. The Labute approximate surface area is 177 Å². The molecular weight excluding hydrogens is 405 g/mol. The second kappa shape index (κ2) is 9.00. The fourth-order valence-electron chi connectivity index (χ4n) is 3.47. The van der Waals surface area contributed by atoms with Gasteiger partial charge in [-0.3, -0.25) is 19.8 Å². The van der Waals surface area contributed by atoms with E-state index in [2.05, 4.69) is 15.0 Å². The minimum absolute atomic E-state index is 0.00299. The number of carbonyl (C=O) groups is 1. The fraction of sp³-hybridized carbons (Fsp3) is 0.286. The average molecular weight is 425 g/mol. The number of halogens is 1. The lowest BCUT2D eigenvalue weighted by Crippen LogP contribution is -2.35. The minimum Gasteiger partial charge on any atom is -0.338 e. The van der Waals surface area contributed by atoms with Gasteiger partial charge in [-0.05, 0) is 42.8 Å². The second-order valence-electron chi connectivity index (χ2n) is 7.24. The van der Waals surface area contributed by atoms with Crippen LogP contribution in [0.25, 0.3) is 11.4 Å². The van der Waals surface area contributed by atoms with E-state index >= 15 is 0 Å². The Bertz CT molecular complexity index is 1070. The van der Waals surface area contributed by atoms with Crippen LogP contribution in [0.3, 0.4) is 0 Å². The topological polar surface area (TPSA) is 106 Å². The van der Waals surface area contributed by atoms with E-state index in [1.807, 2.05) is 0 Å². The van der Waals surface area contributed by atoms with Crippen LogP contribution in [0.4, 0.5) is 10.1 Å². The first-order chi connectivity index (χ1) is 15.0. The Hall–Kier alpha value is -3.66. The average Bonchev–Trinajstić information content (AvgIpc) is 3.11. The second-order valence-corrected chi connectivity index (χ2v) is 7.24. The normalized spacial score (nSPS) is 14.9. The third-order valence-corrected chi connectivity index (χ3v) is 5.13. The van der Waals surface area contributed by atoms with Crippen LogP contribution in [-0.4, -0.2) is 56.9 Å². The molecule has 1 fully saturated rings. The highest BCUT2D eigenvalue weighted by molar-refractivity contribution is 5.94. The molecule has 1 amide bonds. The SMILES string of the molecule is O=C(c1ccc(F)cc1)N1CCCN(Cc2nc(-c3ccc([N+](=O)[O-])cc3)no2)CC1. The zero-order valence-corrected chi connectivity index (χ0v) is 16.6. The predicted molar refractivity (Wildman–Crippen MR) is 109 cm³/mol. The Morgan fingerprint density at radius 1 is 1.06 bits per heavy atom. The van der Waals surface area contributed by atoms with Gasteiger partial charge in [-0.1, -0.05) is 5.16 Å². The van der Waals surface area contributed by atoms with Crippen LogP contribution in [-0.2, 0) is 6.54 Å². The number of hydrogen-bond donors (Lipinski definition) is 0. The summed E-state index contributed by atoms with van der Waals surface area (Å²) in [6.45, 7) is 3.01. The highest BCUT2D eigenvalue weighted by Crippen LogP contribution is 2.20. The van der Waals surface area contributed by atoms with E-state index in [1.165, 1.54) is 36.4 Å². The lowest BCUT2D eigenvalue weighted by Gasteiger charge is -2.21. The van der Waals surface area contributed by atoms with Crippen molar-refractivity contribution in [1.29, 1.82) is 0 Å². The quantitative estimate of drug-likeness (QED) is 0.457. The Balaban J connectivity index is 1.36. The van der Waals surface area contributed by atoms with Crippen LogP contribution < -0.4 is 0 Å².